The number of ether oxygens (including phenoxy) is 1. The molecule has 86 valence electrons. The Balaban J connectivity index is 1.67. The van der Waals surface area contributed by atoms with Gasteiger partial charge >= 0.3 is 0 Å². The zero-order valence-corrected chi connectivity index (χ0v) is 9.20. The molecule has 3 rings (SSSR count). The molecule has 0 aromatic carbocycles. The molecule has 0 spiro atoms. The van der Waals surface area contributed by atoms with Gasteiger partial charge in [0.05, 0.1) is 18.9 Å². The van der Waals surface area contributed by atoms with Crippen LogP contribution in [0.15, 0.2) is 6.33 Å². The van der Waals surface area contributed by atoms with E-state index in [4.69, 9.17) is 4.74 Å². The topological polar surface area (TPSA) is 59.1 Å². The fraction of sp³-hybridized carbons (Fsp3) is 0.636. The molecule has 1 fully saturated rings. The molecule has 0 amide bonds. The highest BCUT2D eigenvalue weighted by Crippen LogP contribution is 2.23. The first kappa shape index (κ1) is 9.99. The van der Waals surface area contributed by atoms with Crippen LogP contribution in [0.4, 0.5) is 5.82 Å². The predicted molar refractivity (Wildman–Crippen MR) is 60.0 cm³/mol. The summed E-state index contributed by atoms with van der Waals surface area (Å²) in [5.74, 6) is 0.941. The van der Waals surface area contributed by atoms with E-state index in [1.54, 1.807) is 6.33 Å². The van der Waals surface area contributed by atoms with Gasteiger partial charge < -0.3 is 15.4 Å². The third-order valence-electron chi connectivity index (χ3n) is 3.20. The van der Waals surface area contributed by atoms with Crippen LogP contribution in [0.1, 0.15) is 24.1 Å². The Hall–Kier alpha value is -1.20. The number of nitrogens with one attached hydrogen (secondary N) is 2. The number of rotatable bonds is 3. The largest absolute Gasteiger partial charge is 0.370 e. The van der Waals surface area contributed by atoms with Gasteiger partial charge in [0.15, 0.2) is 0 Å². The number of nitrogens with zero attached hydrogens (tertiary/aromatic N) is 2. The highest BCUT2D eigenvalue weighted by molar-refractivity contribution is 5.46. The maximum atomic E-state index is 5.37. The van der Waals surface area contributed by atoms with Crippen molar-refractivity contribution < 1.29 is 4.74 Å². The second-order valence-corrected chi connectivity index (χ2v) is 4.31. The average molecular weight is 220 g/mol. The first-order valence-corrected chi connectivity index (χ1v) is 5.81. The monoisotopic (exact) mass is 220 g/mol. The van der Waals surface area contributed by atoms with E-state index < -0.39 is 0 Å². The predicted octanol–water partition coefficient (Wildman–Crippen LogP) is 0.671. The van der Waals surface area contributed by atoms with Crippen molar-refractivity contribution in [2.24, 2.45) is 0 Å². The lowest BCUT2D eigenvalue weighted by Crippen LogP contribution is -2.29. The van der Waals surface area contributed by atoms with E-state index in [0.717, 1.165) is 30.2 Å². The smallest absolute Gasteiger partial charge is 0.135 e. The number of fused-ring (bicyclic) bond motifs is 1. The lowest BCUT2D eigenvalue weighted by Gasteiger charge is -2.13. The Bertz CT molecular complexity index is 376. The molecule has 1 aromatic heterocycles. The van der Waals surface area contributed by atoms with E-state index in [-0.39, 0.29) is 0 Å². The highest BCUT2D eigenvalue weighted by atomic mass is 16.5. The van der Waals surface area contributed by atoms with Crippen molar-refractivity contribution in [3.8, 4) is 0 Å². The fourth-order valence-corrected chi connectivity index (χ4v) is 2.28. The molecule has 5 heteroatoms. The maximum absolute atomic E-state index is 5.37. The van der Waals surface area contributed by atoms with Gasteiger partial charge in [0.2, 0.25) is 0 Å². The molecule has 5 nitrogen and oxygen atoms in total. The van der Waals surface area contributed by atoms with Gasteiger partial charge in [0.25, 0.3) is 0 Å². The molecule has 0 bridgehead atoms. The van der Waals surface area contributed by atoms with E-state index in [9.17, 15) is 0 Å². The Morgan fingerprint density at radius 1 is 1.44 bits per heavy atom. The summed E-state index contributed by atoms with van der Waals surface area (Å²) in [7, 11) is 0. The Morgan fingerprint density at radius 3 is 3.31 bits per heavy atom. The van der Waals surface area contributed by atoms with Crippen molar-refractivity contribution in [3.05, 3.63) is 17.6 Å². The summed E-state index contributed by atoms with van der Waals surface area (Å²) in [5.41, 5.74) is 2.15. The fourth-order valence-electron chi connectivity index (χ4n) is 2.28. The van der Waals surface area contributed by atoms with Gasteiger partial charge in [-0.1, -0.05) is 0 Å². The van der Waals surface area contributed by atoms with Crippen LogP contribution in [0.25, 0.3) is 0 Å². The van der Waals surface area contributed by atoms with Gasteiger partial charge in [-0.25, -0.2) is 9.97 Å². The molecule has 16 heavy (non-hydrogen) atoms. The minimum absolute atomic E-state index is 0.577. The van der Waals surface area contributed by atoms with E-state index in [0.29, 0.717) is 19.3 Å². The standard InChI is InChI=1S/C11H16N4O/c1-2-8(12-3-1)4-13-11-9-5-16-6-10(9)14-7-15-11/h7-8,12H,1-6H2,(H,13,14,15). The van der Waals surface area contributed by atoms with Crippen LogP contribution in [0.5, 0.6) is 0 Å². The lowest BCUT2D eigenvalue weighted by molar-refractivity contribution is 0.133. The molecule has 2 aliphatic rings. The van der Waals surface area contributed by atoms with Gasteiger partial charge in [0.1, 0.15) is 12.1 Å². The molecule has 1 saturated heterocycles. The van der Waals surface area contributed by atoms with Gasteiger partial charge in [-0.15, -0.1) is 0 Å². The number of anilines is 1. The first-order chi connectivity index (χ1) is 7.93. The van der Waals surface area contributed by atoms with Crippen LogP contribution >= 0.6 is 0 Å². The highest BCUT2D eigenvalue weighted by Gasteiger charge is 2.19. The first-order valence-electron chi connectivity index (χ1n) is 5.81. The normalized spacial score (nSPS) is 23.4. The van der Waals surface area contributed by atoms with Crippen molar-refractivity contribution >= 4 is 5.82 Å². The second kappa shape index (κ2) is 4.35. The molecular weight excluding hydrogens is 204 g/mol. The van der Waals surface area contributed by atoms with Crippen molar-refractivity contribution in [2.45, 2.75) is 32.1 Å². The molecule has 3 heterocycles. The lowest BCUT2D eigenvalue weighted by atomic mass is 10.2. The van der Waals surface area contributed by atoms with E-state index in [1.807, 2.05) is 0 Å². The molecule has 0 radical (unpaired) electrons. The van der Waals surface area contributed by atoms with Crippen molar-refractivity contribution in [2.75, 3.05) is 18.4 Å². The molecule has 1 atom stereocenters. The van der Waals surface area contributed by atoms with Crippen molar-refractivity contribution in [1.29, 1.82) is 0 Å². The SMILES string of the molecule is c1nc2c(c(NCC3CCCN3)n1)COC2. The van der Waals surface area contributed by atoms with Crippen LogP contribution in [0, 0.1) is 0 Å². The summed E-state index contributed by atoms with van der Waals surface area (Å²) < 4.78 is 5.37. The summed E-state index contributed by atoms with van der Waals surface area (Å²) in [6.45, 7) is 3.33. The summed E-state index contributed by atoms with van der Waals surface area (Å²) in [4.78, 5) is 8.49. The summed E-state index contributed by atoms with van der Waals surface area (Å²) >= 11 is 0. The summed E-state index contributed by atoms with van der Waals surface area (Å²) in [6.07, 6.45) is 4.13. The number of aromatic nitrogens is 2. The van der Waals surface area contributed by atoms with Crippen LogP contribution in [-0.2, 0) is 18.0 Å². The molecule has 2 aliphatic heterocycles. The van der Waals surface area contributed by atoms with Crippen LogP contribution in [0.2, 0.25) is 0 Å². The van der Waals surface area contributed by atoms with Crippen LogP contribution in [-0.4, -0.2) is 29.1 Å². The molecule has 0 aliphatic carbocycles. The van der Waals surface area contributed by atoms with Crippen LogP contribution < -0.4 is 10.6 Å². The zero-order chi connectivity index (χ0) is 10.8. The van der Waals surface area contributed by atoms with Gasteiger partial charge in [0, 0.05) is 18.2 Å². The molecule has 1 aromatic rings. The second-order valence-electron chi connectivity index (χ2n) is 4.31. The van der Waals surface area contributed by atoms with Gasteiger partial charge in [-0.05, 0) is 19.4 Å². The van der Waals surface area contributed by atoms with Gasteiger partial charge in [-0.2, -0.15) is 0 Å². The zero-order valence-electron chi connectivity index (χ0n) is 9.20. The van der Waals surface area contributed by atoms with Gasteiger partial charge in [-0.3, -0.25) is 0 Å². The van der Waals surface area contributed by atoms with E-state index >= 15 is 0 Å². The molecular formula is C11H16N4O. The number of hydrogen-bond donors (Lipinski definition) is 2. The minimum Gasteiger partial charge on any atom is -0.370 e. The average Bonchev–Trinajstić information content (AvgIpc) is 2.97. The third-order valence-corrected chi connectivity index (χ3v) is 3.20. The molecule has 2 N–H and O–H groups in total. The van der Waals surface area contributed by atoms with Crippen molar-refractivity contribution in [3.63, 3.8) is 0 Å². The molecule has 0 saturated carbocycles. The number of hydrogen-bond acceptors (Lipinski definition) is 5. The molecule has 1 unspecified atom stereocenters. The Labute approximate surface area is 94.6 Å². The quantitative estimate of drug-likeness (QED) is 0.784. The Morgan fingerprint density at radius 2 is 2.44 bits per heavy atom. The minimum atomic E-state index is 0.577. The third kappa shape index (κ3) is 1.88. The van der Waals surface area contributed by atoms with Crippen LogP contribution in [0.3, 0.4) is 0 Å². The maximum Gasteiger partial charge on any atom is 0.135 e. The van der Waals surface area contributed by atoms with E-state index in [2.05, 4.69) is 20.6 Å². The van der Waals surface area contributed by atoms with E-state index in [1.165, 1.54) is 12.8 Å². The summed E-state index contributed by atoms with van der Waals surface area (Å²) in [6, 6.07) is 0.577. The van der Waals surface area contributed by atoms with Crippen molar-refractivity contribution in [1.82, 2.24) is 15.3 Å². The Kier molecular flexibility index (Phi) is 2.71. The summed E-state index contributed by atoms with van der Waals surface area (Å²) in [5, 5.41) is 6.85.